The molecule has 4 aromatic rings. The largest absolute Gasteiger partial charge is 0.507 e. The van der Waals surface area contributed by atoms with E-state index in [0.29, 0.717) is 28.3 Å². The maximum atomic E-state index is 13.5. The summed E-state index contributed by atoms with van der Waals surface area (Å²) in [7, 11) is 3.07. The highest BCUT2D eigenvalue weighted by atomic mass is 16.5. The zero-order valence-corrected chi connectivity index (χ0v) is 20.3. The number of para-hydroxylation sites is 1. The molecule has 0 aliphatic carbocycles. The number of aliphatic hydroxyl groups excluding tert-OH is 1. The summed E-state index contributed by atoms with van der Waals surface area (Å²) in [6.07, 6.45) is 3.46. The number of carbonyl (C=O) groups is 2. The molecule has 184 valence electrons. The topological polar surface area (TPSA) is 89.0 Å². The quantitative estimate of drug-likeness (QED) is 0.221. The van der Waals surface area contributed by atoms with Crippen molar-refractivity contribution in [3.8, 4) is 22.6 Å². The van der Waals surface area contributed by atoms with Crippen LogP contribution >= 0.6 is 0 Å². The Kier molecular flexibility index (Phi) is 6.43. The van der Waals surface area contributed by atoms with Crippen LogP contribution in [0.1, 0.15) is 17.2 Å². The number of nitrogens with zero attached hydrogens (tertiary/aromatic N) is 2. The molecule has 7 heteroatoms. The fourth-order valence-corrected chi connectivity index (χ4v) is 4.54. The monoisotopic (exact) mass is 492 g/mol. The molecule has 1 unspecified atom stereocenters. The molecule has 1 N–H and O–H groups in total. The molecule has 1 aliphatic rings. The lowest BCUT2D eigenvalue weighted by molar-refractivity contribution is -0.132. The van der Waals surface area contributed by atoms with E-state index in [1.54, 1.807) is 80.2 Å². The fourth-order valence-electron chi connectivity index (χ4n) is 4.54. The summed E-state index contributed by atoms with van der Waals surface area (Å²) in [5, 5.41) is 11.3. The maximum absolute atomic E-state index is 13.5. The van der Waals surface area contributed by atoms with Gasteiger partial charge in [-0.2, -0.15) is 0 Å². The highest BCUT2D eigenvalue weighted by Gasteiger charge is 2.47. The molecule has 1 aromatic heterocycles. The second-order valence-corrected chi connectivity index (χ2v) is 8.43. The van der Waals surface area contributed by atoms with E-state index >= 15 is 0 Å². The minimum absolute atomic E-state index is 0.0176. The number of Topliss-reactive ketones (excluding diaryl/α,β-unsaturated/α-hetero) is 1. The molecule has 1 saturated heterocycles. The van der Waals surface area contributed by atoms with Crippen molar-refractivity contribution in [3.05, 3.63) is 114 Å². The van der Waals surface area contributed by atoms with Crippen LogP contribution in [-0.2, 0) is 9.59 Å². The van der Waals surface area contributed by atoms with E-state index in [9.17, 15) is 14.7 Å². The minimum atomic E-state index is -0.900. The molecule has 0 spiro atoms. The number of rotatable bonds is 6. The number of pyridine rings is 1. The lowest BCUT2D eigenvalue weighted by Gasteiger charge is -2.26. The van der Waals surface area contributed by atoms with Crippen LogP contribution in [0.3, 0.4) is 0 Å². The number of carbonyl (C=O) groups excluding carboxylic acids is 2. The molecular formula is C30H24N2O5. The lowest BCUT2D eigenvalue weighted by atomic mass is 9.94. The van der Waals surface area contributed by atoms with Gasteiger partial charge in [0.2, 0.25) is 0 Å². The van der Waals surface area contributed by atoms with Crippen molar-refractivity contribution in [3.63, 3.8) is 0 Å². The third-order valence-electron chi connectivity index (χ3n) is 6.38. The van der Waals surface area contributed by atoms with E-state index in [0.717, 1.165) is 11.1 Å². The van der Waals surface area contributed by atoms with Gasteiger partial charge in [0.05, 0.1) is 25.8 Å². The van der Waals surface area contributed by atoms with E-state index < -0.39 is 17.7 Å². The zero-order valence-electron chi connectivity index (χ0n) is 20.3. The van der Waals surface area contributed by atoms with Gasteiger partial charge in [-0.05, 0) is 59.7 Å². The molecular weight excluding hydrogens is 468 g/mol. The molecule has 1 fully saturated rings. The molecule has 5 rings (SSSR count). The van der Waals surface area contributed by atoms with Gasteiger partial charge in [-0.3, -0.25) is 19.5 Å². The van der Waals surface area contributed by atoms with Crippen LogP contribution < -0.4 is 14.4 Å². The summed E-state index contributed by atoms with van der Waals surface area (Å²) < 4.78 is 10.8. The van der Waals surface area contributed by atoms with Crippen LogP contribution in [0.5, 0.6) is 11.5 Å². The Labute approximate surface area is 214 Å². The van der Waals surface area contributed by atoms with Crippen LogP contribution in [0.4, 0.5) is 5.69 Å². The van der Waals surface area contributed by atoms with E-state index in [2.05, 4.69) is 4.98 Å². The second-order valence-electron chi connectivity index (χ2n) is 8.43. The Morgan fingerprint density at radius 3 is 2.22 bits per heavy atom. The van der Waals surface area contributed by atoms with E-state index in [-0.39, 0.29) is 11.3 Å². The Hall–Kier alpha value is -4.91. The van der Waals surface area contributed by atoms with Crippen molar-refractivity contribution in [2.75, 3.05) is 19.1 Å². The van der Waals surface area contributed by atoms with E-state index in [4.69, 9.17) is 9.47 Å². The number of hydrogen-bond acceptors (Lipinski definition) is 6. The Bertz CT molecular complexity index is 1480. The first-order valence-corrected chi connectivity index (χ1v) is 11.6. The van der Waals surface area contributed by atoms with Gasteiger partial charge in [-0.1, -0.05) is 36.4 Å². The second kappa shape index (κ2) is 9.99. The molecule has 0 saturated carbocycles. The van der Waals surface area contributed by atoms with Crippen LogP contribution in [-0.4, -0.2) is 36.0 Å². The molecule has 1 atom stereocenters. The van der Waals surface area contributed by atoms with Gasteiger partial charge >= 0.3 is 0 Å². The zero-order chi connectivity index (χ0) is 25.9. The standard InChI is InChI=1S/C30H24N2O5/c1-36-23-15-11-20(12-16-23)28(33)26-27(24-7-3-4-8-25(24)37-2)32(30(35)29(26)34)22-13-9-19(10-14-22)21-6-5-17-31-18-21/h3-18,27,33H,1-2H3/b28-26-. The summed E-state index contributed by atoms with van der Waals surface area (Å²) in [4.78, 5) is 32.4. The first-order valence-electron chi connectivity index (χ1n) is 11.6. The highest BCUT2D eigenvalue weighted by Crippen LogP contribution is 2.45. The van der Waals surface area contributed by atoms with Crippen molar-refractivity contribution in [1.29, 1.82) is 0 Å². The number of ketones is 1. The molecule has 1 aliphatic heterocycles. The third-order valence-corrected chi connectivity index (χ3v) is 6.38. The van der Waals surface area contributed by atoms with Crippen LogP contribution in [0.15, 0.2) is 103 Å². The molecule has 2 heterocycles. The number of aromatic nitrogens is 1. The summed E-state index contributed by atoms with van der Waals surface area (Å²) in [5.74, 6) is -0.689. The Balaban J connectivity index is 1.66. The average molecular weight is 493 g/mol. The number of aliphatic hydroxyl groups is 1. The van der Waals surface area contributed by atoms with Crippen molar-refractivity contribution < 1.29 is 24.2 Å². The van der Waals surface area contributed by atoms with Gasteiger partial charge in [-0.25, -0.2) is 0 Å². The van der Waals surface area contributed by atoms with E-state index in [1.165, 1.54) is 12.0 Å². The highest BCUT2D eigenvalue weighted by molar-refractivity contribution is 6.51. The summed E-state index contributed by atoms with van der Waals surface area (Å²) in [6.45, 7) is 0. The normalized spacial score (nSPS) is 16.6. The fraction of sp³-hybridized carbons (Fsp3) is 0.100. The number of amides is 1. The third kappa shape index (κ3) is 4.31. The lowest BCUT2D eigenvalue weighted by Crippen LogP contribution is -2.29. The summed E-state index contributed by atoms with van der Waals surface area (Å²) >= 11 is 0. The number of benzene rings is 3. The Morgan fingerprint density at radius 2 is 1.57 bits per heavy atom. The first kappa shape index (κ1) is 23.8. The summed E-state index contributed by atoms with van der Waals surface area (Å²) in [6, 6.07) is 24.0. The Morgan fingerprint density at radius 1 is 0.838 bits per heavy atom. The van der Waals surface area contributed by atoms with Gasteiger partial charge in [0.1, 0.15) is 17.3 Å². The van der Waals surface area contributed by atoms with Gasteiger partial charge in [0.25, 0.3) is 11.7 Å². The molecule has 7 nitrogen and oxygen atoms in total. The van der Waals surface area contributed by atoms with Crippen LogP contribution in [0, 0.1) is 0 Å². The molecule has 37 heavy (non-hydrogen) atoms. The van der Waals surface area contributed by atoms with Gasteiger partial charge < -0.3 is 14.6 Å². The number of anilines is 1. The molecule has 3 aromatic carbocycles. The van der Waals surface area contributed by atoms with E-state index in [1.807, 2.05) is 24.3 Å². The summed E-state index contributed by atoms with van der Waals surface area (Å²) in [5.41, 5.74) is 3.31. The molecule has 0 bridgehead atoms. The van der Waals surface area contributed by atoms with Crippen molar-refractivity contribution in [1.82, 2.24) is 4.98 Å². The number of hydrogen-bond donors (Lipinski definition) is 1. The predicted molar refractivity (Wildman–Crippen MR) is 140 cm³/mol. The SMILES string of the molecule is COc1ccc(/C(O)=C2/C(=O)C(=O)N(c3ccc(-c4cccnc4)cc3)C2c2ccccc2OC)cc1. The average Bonchev–Trinajstić information content (AvgIpc) is 3.23. The van der Waals surface area contributed by atoms with Crippen molar-refractivity contribution in [2.24, 2.45) is 0 Å². The van der Waals surface area contributed by atoms with Gasteiger partial charge in [0, 0.05) is 29.2 Å². The smallest absolute Gasteiger partial charge is 0.300 e. The van der Waals surface area contributed by atoms with Gasteiger partial charge in [0.15, 0.2) is 0 Å². The minimum Gasteiger partial charge on any atom is -0.507 e. The number of methoxy groups -OCH3 is 2. The van der Waals surface area contributed by atoms with Crippen molar-refractivity contribution >= 4 is 23.1 Å². The van der Waals surface area contributed by atoms with Crippen LogP contribution in [0.25, 0.3) is 16.9 Å². The van der Waals surface area contributed by atoms with Crippen molar-refractivity contribution in [2.45, 2.75) is 6.04 Å². The predicted octanol–water partition coefficient (Wildman–Crippen LogP) is 5.39. The first-order chi connectivity index (χ1) is 18.0. The number of ether oxygens (including phenoxy) is 2. The maximum Gasteiger partial charge on any atom is 0.300 e. The van der Waals surface area contributed by atoms with Gasteiger partial charge in [-0.15, -0.1) is 0 Å². The molecule has 1 amide bonds. The van der Waals surface area contributed by atoms with Crippen LogP contribution in [0.2, 0.25) is 0 Å². The molecule has 0 radical (unpaired) electrons.